The average molecular weight is 265 g/mol. The summed E-state index contributed by atoms with van der Waals surface area (Å²) < 4.78 is 4.64. The highest BCUT2D eigenvalue weighted by molar-refractivity contribution is 5.88. The first kappa shape index (κ1) is 16.2. The van der Waals surface area contributed by atoms with Crippen molar-refractivity contribution >= 4 is 24.3 Å². The molecule has 1 fully saturated rings. The number of ether oxygens (including phenoxy) is 1. The second-order valence-electron chi connectivity index (χ2n) is 4.63. The van der Waals surface area contributed by atoms with E-state index in [-0.39, 0.29) is 24.2 Å². The van der Waals surface area contributed by atoms with Crippen LogP contribution in [0.25, 0.3) is 0 Å². The van der Waals surface area contributed by atoms with Crippen molar-refractivity contribution in [3.63, 3.8) is 0 Å². The largest absolute Gasteiger partial charge is 0.467 e. The number of methoxy groups -OCH3 is 1. The zero-order valence-corrected chi connectivity index (χ0v) is 11.4. The van der Waals surface area contributed by atoms with Crippen molar-refractivity contribution in [2.24, 2.45) is 5.92 Å². The van der Waals surface area contributed by atoms with E-state index in [4.69, 9.17) is 0 Å². The van der Waals surface area contributed by atoms with Gasteiger partial charge in [-0.1, -0.05) is 0 Å². The minimum atomic E-state index is -0.948. The molecule has 0 aromatic carbocycles. The number of rotatable bonds is 3. The fraction of sp³-hybridized carbons (Fsp3) is 0.818. The molecule has 0 aromatic heterocycles. The Morgan fingerprint density at radius 3 is 2.29 bits per heavy atom. The second-order valence-corrected chi connectivity index (χ2v) is 4.63. The van der Waals surface area contributed by atoms with Crippen molar-refractivity contribution in [2.75, 3.05) is 20.2 Å². The van der Waals surface area contributed by atoms with Gasteiger partial charge in [0.25, 0.3) is 0 Å². The smallest absolute Gasteiger partial charge is 0.330 e. The van der Waals surface area contributed by atoms with E-state index in [9.17, 15) is 9.59 Å². The molecule has 100 valence electrons. The summed E-state index contributed by atoms with van der Waals surface area (Å²) in [6.07, 6.45) is 1.65. The van der Waals surface area contributed by atoms with Crippen LogP contribution in [0.3, 0.4) is 0 Å². The minimum absolute atomic E-state index is 0. The minimum Gasteiger partial charge on any atom is -0.467 e. The van der Waals surface area contributed by atoms with Crippen LogP contribution in [-0.2, 0) is 14.3 Å². The normalized spacial score (nSPS) is 16.9. The maximum absolute atomic E-state index is 11.9. The summed E-state index contributed by atoms with van der Waals surface area (Å²) in [5, 5.41) is 5.93. The van der Waals surface area contributed by atoms with Crippen molar-refractivity contribution in [2.45, 2.75) is 32.2 Å². The topological polar surface area (TPSA) is 67.4 Å². The molecular formula is C11H21ClN2O3. The van der Waals surface area contributed by atoms with Crippen LogP contribution in [0.1, 0.15) is 26.7 Å². The molecule has 1 rings (SSSR count). The van der Waals surface area contributed by atoms with Gasteiger partial charge in [0.2, 0.25) is 5.91 Å². The molecule has 1 amide bonds. The van der Waals surface area contributed by atoms with Gasteiger partial charge in [-0.25, -0.2) is 4.79 Å². The Morgan fingerprint density at radius 2 is 1.82 bits per heavy atom. The van der Waals surface area contributed by atoms with Gasteiger partial charge in [-0.2, -0.15) is 0 Å². The Hall–Kier alpha value is -0.810. The first-order valence-electron chi connectivity index (χ1n) is 5.58. The third-order valence-corrected chi connectivity index (χ3v) is 2.84. The summed E-state index contributed by atoms with van der Waals surface area (Å²) in [5.74, 6) is -0.475. The van der Waals surface area contributed by atoms with Crippen LogP contribution in [0.5, 0.6) is 0 Å². The number of nitrogens with one attached hydrogen (secondary N) is 2. The van der Waals surface area contributed by atoms with E-state index in [0.717, 1.165) is 25.9 Å². The van der Waals surface area contributed by atoms with Gasteiger partial charge >= 0.3 is 5.97 Å². The Labute approximate surface area is 108 Å². The van der Waals surface area contributed by atoms with Gasteiger partial charge in [-0.3, -0.25) is 4.79 Å². The van der Waals surface area contributed by atoms with E-state index >= 15 is 0 Å². The molecule has 1 aliphatic heterocycles. The van der Waals surface area contributed by atoms with Gasteiger partial charge in [0.05, 0.1) is 7.11 Å². The molecule has 17 heavy (non-hydrogen) atoms. The number of piperidine rings is 1. The Balaban J connectivity index is 0.00000256. The van der Waals surface area contributed by atoms with Gasteiger partial charge in [0.1, 0.15) is 5.54 Å². The number of amides is 1. The van der Waals surface area contributed by atoms with E-state index in [0.29, 0.717) is 0 Å². The highest BCUT2D eigenvalue weighted by Crippen LogP contribution is 2.14. The molecule has 1 aliphatic rings. The van der Waals surface area contributed by atoms with Crippen molar-refractivity contribution < 1.29 is 14.3 Å². The highest BCUT2D eigenvalue weighted by atomic mass is 35.5. The van der Waals surface area contributed by atoms with Crippen LogP contribution in [0.15, 0.2) is 0 Å². The average Bonchev–Trinajstić information content (AvgIpc) is 2.28. The van der Waals surface area contributed by atoms with E-state index < -0.39 is 11.5 Å². The number of esters is 1. The molecule has 0 unspecified atom stereocenters. The van der Waals surface area contributed by atoms with Gasteiger partial charge in [-0.05, 0) is 39.8 Å². The molecule has 1 heterocycles. The summed E-state index contributed by atoms with van der Waals surface area (Å²) in [6.45, 7) is 5.02. The summed E-state index contributed by atoms with van der Waals surface area (Å²) in [4.78, 5) is 23.3. The Morgan fingerprint density at radius 1 is 1.29 bits per heavy atom. The molecule has 0 radical (unpaired) electrons. The SMILES string of the molecule is COC(=O)C(C)(C)NC(=O)C1CCNCC1.Cl. The van der Waals surface area contributed by atoms with Crippen LogP contribution in [0.4, 0.5) is 0 Å². The molecule has 0 aromatic rings. The van der Waals surface area contributed by atoms with Crippen LogP contribution >= 0.6 is 12.4 Å². The standard InChI is InChI=1S/C11H20N2O3.ClH/c1-11(2,10(15)16-3)13-9(14)8-4-6-12-7-5-8;/h8,12H,4-7H2,1-3H3,(H,13,14);1H. The zero-order valence-electron chi connectivity index (χ0n) is 10.5. The van der Waals surface area contributed by atoms with Crippen LogP contribution < -0.4 is 10.6 Å². The summed E-state index contributed by atoms with van der Waals surface area (Å²) in [7, 11) is 1.32. The molecule has 0 atom stereocenters. The summed E-state index contributed by atoms with van der Waals surface area (Å²) in [6, 6.07) is 0. The molecule has 1 saturated heterocycles. The van der Waals surface area contributed by atoms with Crippen molar-refractivity contribution in [1.82, 2.24) is 10.6 Å². The van der Waals surface area contributed by atoms with Crippen LogP contribution in [0, 0.1) is 5.92 Å². The summed E-state index contributed by atoms with van der Waals surface area (Å²) in [5.41, 5.74) is -0.948. The molecular weight excluding hydrogens is 244 g/mol. The third-order valence-electron chi connectivity index (χ3n) is 2.84. The van der Waals surface area contributed by atoms with Gasteiger partial charge in [0.15, 0.2) is 0 Å². The third kappa shape index (κ3) is 4.52. The van der Waals surface area contributed by atoms with E-state index in [2.05, 4.69) is 15.4 Å². The van der Waals surface area contributed by atoms with Crippen LogP contribution in [-0.4, -0.2) is 37.6 Å². The lowest BCUT2D eigenvalue weighted by Gasteiger charge is -2.28. The van der Waals surface area contributed by atoms with Gasteiger partial charge in [0, 0.05) is 5.92 Å². The van der Waals surface area contributed by atoms with Gasteiger partial charge < -0.3 is 15.4 Å². The fourth-order valence-corrected chi connectivity index (χ4v) is 1.80. The van der Waals surface area contributed by atoms with E-state index in [1.165, 1.54) is 7.11 Å². The number of hydrogen-bond acceptors (Lipinski definition) is 4. The first-order chi connectivity index (χ1) is 7.47. The Kier molecular flexibility index (Phi) is 6.49. The monoisotopic (exact) mass is 264 g/mol. The molecule has 0 bridgehead atoms. The quantitative estimate of drug-likeness (QED) is 0.728. The fourth-order valence-electron chi connectivity index (χ4n) is 1.80. The van der Waals surface area contributed by atoms with Crippen molar-refractivity contribution in [3.8, 4) is 0 Å². The second kappa shape index (κ2) is 6.81. The zero-order chi connectivity index (χ0) is 12.2. The lowest BCUT2D eigenvalue weighted by molar-refractivity contribution is -0.150. The predicted octanol–water partition coefficient (Wildman–Crippen LogP) is 0.476. The van der Waals surface area contributed by atoms with Crippen molar-refractivity contribution in [3.05, 3.63) is 0 Å². The van der Waals surface area contributed by atoms with E-state index in [1.807, 2.05) is 0 Å². The molecule has 5 nitrogen and oxygen atoms in total. The molecule has 0 spiro atoms. The number of hydrogen-bond donors (Lipinski definition) is 2. The molecule has 0 aliphatic carbocycles. The molecule has 6 heteroatoms. The summed E-state index contributed by atoms with van der Waals surface area (Å²) >= 11 is 0. The maximum Gasteiger partial charge on any atom is 0.330 e. The van der Waals surface area contributed by atoms with E-state index in [1.54, 1.807) is 13.8 Å². The lowest BCUT2D eigenvalue weighted by Crippen LogP contribution is -2.53. The number of carbonyl (C=O) groups excluding carboxylic acids is 2. The highest BCUT2D eigenvalue weighted by Gasteiger charge is 2.33. The lowest BCUT2D eigenvalue weighted by atomic mass is 9.95. The number of carbonyl (C=O) groups is 2. The molecule has 0 saturated carbocycles. The number of halogens is 1. The molecule has 2 N–H and O–H groups in total. The maximum atomic E-state index is 11.9. The first-order valence-corrected chi connectivity index (χ1v) is 5.58. The van der Waals surface area contributed by atoms with Gasteiger partial charge in [-0.15, -0.1) is 12.4 Å². The predicted molar refractivity (Wildman–Crippen MR) is 67.1 cm³/mol. The van der Waals surface area contributed by atoms with Crippen LogP contribution in [0.2, 0.25) is 0 Å². The van der Waals surface area contributed by atoms with Crippen molar-refractivity contribution in [1.29, 1.82) is 0 Å². The Bertz CT molecular complexity index is 276.